The molecular formula is C15H14ClFO. The van der Waals surface area contributed by atoms with Crippen LogP contribution in [-0.4, -0.2) is 11.2 Å². The minimum Gasteiger partial charge on any atom is -0.392 e. The zero-order valence-corrected chi connectivity index (χ0v) is 10.6. The maximum Gasteiger partial charge on any atom is 0.141 e. The van der Waals surface area contributed by atoms with Crippen molar-refractivity contribution in [2.75, 3.05) is 0 Å². The molecule has 0 bridgehead atoms. The summed E-state index contributed by atoms with van der Waals surface area (Å²) in [7, 11) is 0. The van der Waals surface area contributed by atoms with Gasteiger partial charge in [-0.25, -0.2) is 4.39 Å². The normalized spacial score (nSPS) is 12.4. The first-order valence-corrected chi connectivity index (χ1v) is 6.19. The highest BCUT2D eigenvalue weighted by molar-refractivity contribution is 6.30. The van der Waals surface area contributed by atoms with Crippen molar-refractivity contribution < 1.29 is 9.50 Å². The van der Waals surface area contributed by atoms with Crippen LogP contribution < -0.4 is 0 Å². The van der Waals surface area contributed by atoms with Crippen LogP contribution in [0.5, 0.6) is 0 Å². The first-order chi connectivity index (χ1) is 8.65. The van der Waals surface area contributed by atoms with E-state index in [0.29, 0.717) is 12.8 Å². The quantitative estimate of drug-likeness (QED) is 0.894. The summed E-state index contributed by atoms with van der Waals surface area (Å²) in [5.41, 5.74) is 1.92. The third kappa shape index (κ3) is 3.56. The van der Waals surface area contributed by atoms with Crippen LogP contribution in [-0.2, 0) is 12.8 Å². The van der Waals surface area contributed by atoms with Crippen LogP contribution in [0, 0.1) is 5.82 Å². The van der Waals surface area contributed by atoms with Gasteiger partial charge in [0.25, 0.3) is 0 Å². The summed E-state index contributed by atoms with van der Waals surface area (Å²) in [6, 6.07) is 14.3. The number of hydrogen-bond donors (Lipinski definition) is 1. The van der Waals surface area contributed by atoms with E-state index in [0.717, 1.165) is 11.1 Å². The van der Waals surface area contributed by atoms with Gasteiger partial charge in [-0.1, -0.05) is 48.0 Å². The smallest absolute Gasteiger partial charge is 0.141 e. The molecule has 3 heteroatoms. The standard InChI is InChI=1S/C15H14ClFO/c16-14-10-12(6-7-15(14)17)9-13(18)8-11-4-2-1-3-5-11/h1-7,10,13,18H,8-9H2. The van der Waals surface area contributed by atoms with E-state index in [-0.39, 0.29) is 5.02 Å². The third-order valence-electron chi connectivity index (χ3n) is 2.77. The number of halogens is 2. The van der Waals surface area contributed by atoms with Crippen LogP contribution in [0.2, 0.25) is 5.02 Å². The van der Waals surface area contributed by atoms with E-state index in [4.69, 9.17) is 11.6 Å². The molecule has 18 heavy (non-hydrogen) atoms. The lowest BCUT2D eigenvalue weighted by Gasteiger charge is -2.11. The van der Waals surface area contributed by atoms with Gasteiger partial charge in [-0.2, -0.15) is 0 Å². The summed E-state index contributed by atoms with van der Waals surface area (Å²) in [5, 5.41) is 10.1. The van der Waals surface area contributed by atoms with Crippen LogP contribution in [0.25, 0.3) is 0 Å². The molecule has 0 saturated carbocycles. The van der Waals surface area contributed by atoms with Crippen molar-refractivity contribution in [3.8, 4) is 0 Å². The van der Waals surface area contributed by atoms with Crippen LogP contribution in [0.3, 0.4) is 0 Å². The van der Waals surface area contributed by atoms with E-state index in [1.54, 1.807) is 12.1 Å². The molecule has 1 nitrogen and oxygen atoms in total. The van der Waals surface area contributed by atoms with E-state index in [1.165, 1.54) is 6.07 Å². The van der Waals surface area contributed by atoms with Crippen LogP contribution in [0.1, 0.15) is 11.1 Å². The Morgan fingerprint density at radius 1 is 1.00 bits per heavy atom. The SMILES string of the molecule is OC(Cc1ccccc1)Cc1ccc(F)c(Cl)c1. The third-order valence-corrected chi connectivity index (χ3v) is 3.06. The molecular weight excluding hydrogens is 251 g/mol. The molecule has 2 aromatic rings. The molecule has 0 fully saturated rings. The Morgan fingerprint density at radius 2 is 1.67 bits per heavy atom. The highest BCUT2D eigenvalue weighted by Crippen LogP contribution is 2.17. The molecule has 0 aliphatic carbocycles. The largest absolute Gasteiger partial charge is 0.392 e. The first kappa shape index (κ1) is 13.1. The molecule has 0 radical (unpaired) electrons. The van der Waals surface area contributed by atoms with Crippen molar-refractivity contribution in [2.45, 2.75) is 18.9 Å². The monoisotopic (exact) mass is 264 g/mol. The fourth-order valence-corrected chi connectivity index (χ4v) is 2.10. The summed E-state index contributed by atoms with van der Waals surface area (Å²) < 4.78 is 13.0. The second kappa shape index (κ2) is 5.98. The maximum atomic E-state index is 13.0. The summed E-state index contributed by atoms with van der Waals surface area (Å²) in [6.45, 7) is 0. The number of rotatable bonds is 4. The molecule has 0 aliphatic rings. The number of aliphatic hydroxyl groups excluding tert-OH is 1. The van der Waals surface area contributed by atoms with Gasteiger partial charge in [0.05, 0.1) is 11.1 Å². The van der Waals surface area contributed by atoms with E-state index < -0.39 is 11.9 Å². The first-order valence-electron chi connectivity index (χ1n) is 5.81. The molecule has 0 amide bonds. The predicted molar refractivity (Wildman–Crippen MR) is 71.3 cm³/mol. The van der Waals surface area contributed by atoms with Gasteiger partial charge in [0.15, 0.2) is 0 Å². The average Bonchev–Trinajstić information content (AvgIpc) is 2.35. The Morgan fingerprint density at radius 3 is 2.33 bits per heavy atom. The van der Waals surface area contributed by atoms with Crippen LogP contribution in [0.15, 0.2) is 48.5 Å². The second-order valence-corrected chi connectivity index (χ2v) is 4.70. The van der Waals surface area contributed by atoms with Crippen molar-refractivity contribution >= 4 is 11.6 Å². The molecule has 0 saturated heterocycles. The fraction of sp³-hybridized carbons (Fsp3) is 0.200. The fourth-order valence-electron chi connectivity index (χ4n) is 1.90. The van der Waals surface area contributed by atoms with Gasteiger partial charge in [-0.3, -0.25) is 0 Å². The van der Waals surface area contributed by atoms with Crippen molar-refractivity contribution in [1.29, 1.82) is 0 Å². The zero-order valence-electron chi connectivity index (χ0n) is 9.81. The Hall–Kier alpha value is -1.38. The van der Waals surface area contributed by atoms with E-state index in [1.807, 2.05) is 30.3 Å². The lowest BCUT2D eigenvalue weighted by molar-refractivity contribution is 0.175. The number of aliphatic hydroxyl groups is 1. The lowest BCUT2D eigenvalue weighted by atomic mass is 10.0. The summed E-state index contributed by atoms with van der Waals surface area (Å²) in [5.74, 6) is -0.432. The van der Waals surface area contributed by atoms with Crippen molar-refractivity contribution in [1.82, 2.24) is 0 Å². The lowest BCUT2D eigenvalue weighted by Crippen LogP contribution is -2.13. The van der Waals surface area contributed by atoms with Gasteiger partial charge in [-0.05, 0) is 36.1 Å². The molecule has 0 heterocycles. The molecule has 1 unspecified atom stereocenters. The molecule has 0 spiro atoms. The summed E-state index contributed by atoms with van der Waals surface area (Å²) in [4.78, 5) is 0. The summed E-state index contributed by atoms with van der Waals surface area (Å²) in [6.07, 6.45) is 0.555. The minimum atomic E-state index is -0.492. The van der Waals surface area contributed by atoms with Crippen molar-refractivity contribution in [3.05, 3.63) is 70.5 Å². The Balaban J connectivity index is 1.99. The molecule has 0 aliphatic heterocycles. The van der Waals surface area contributed by atoms with Crippen LogP contribution in [0.4, 0.5) is 4.39 Å². The Labute approximate surface area is 111 Å². The summed E-state index contributed by atoms with van der Waals surface area (Å²) >= 11 is 5.70. The van der Waals surface area contributed by atoms with Crippen molar-refractivity contribution in [2.24, 2.45) is 0 Å². The molecule has 2 aromatic carbocycles. The minimum absolute atomic E-state index is 0.0967. The number of benzene rings is 2. The highest BCUT2D eigenvalue weighted by atomic mass is 35.5. The van der Waals surface area contributed by atoms with Gasteiger partial charge in [-0.15, -0.1) is 0 Å². The number of hydrogen-bond acceptors (Lipinski definition) is 1. The van der Waals surface area contributed by atoms with Gasteiger partial charge in [0, 0.05) is 0 Å². The Kier molecular flexibility index (Phi) is 4.34. The maximum absolute atomic E-state index is 13.0. The van der Waals surface area contributed by atoms with E-state index in [2.05, 4.69) is 0 Å². The van der Waals surface area contributed by atoms with Gasteiger partial charge in [0.1, 0.15) is 5.82 Å². The molecule has 2 rings (SSSR count). The molecule has 1 atom stereocenters. The van der Waals surface area contributed by atoms with Gasteiger partial charge >= 0.3 is 0 Å². The highest BCUT2D eigenvalue weighted by Gasteiger charge is 2.08. The van der Waals surface area contributed by atoms with Crippen LogP contribution >= 0.6 is 11.6 Å². The molecule has 0 aromatic heterocycles. The van der Waals surface area contributed by atoms with Gasteiger partial charge < -0.3 is 5.11 Å². The Bertz CT molecular complexity index is 513. The average molecular weight is 265 g/mol. The topological polar surface area (TPSA) is 20.2 Å². The van der Waals surface area contributed by atoms with E-state index in [9.17, 15) is 9.50 Å². The molecule has 94 valence electrons. The van der Waals surface area contributed by atoms with Gasteiger partial charge in [0.2, 0.25) is 0 Å². The zero-order chi connectivity index (χ0) is 13.0. The van der Waals surface area contributed by atoms with E-state index >= 15 is 0 Å². The molecule has 1 N–H and O–H groups in total. The second-order valence-electron chi connectivity index (χ2n) is 4.30. The predicted octanol–water partition coefficient (Wildman–Crippen LogP) is 3.63. The van der Waals surface area contributed by atoms with Crippen molar-refractivity contribution in [3.63, 3.8) is 0 Å².